The van der Waals surface area contributed by atoms with E-state index in [1.165, 1.54) is 0 Å². The predicted molar refractivity (Wildman–Crippen MR) is 90.8 cm³/mol. The maximum atomic E-state index is 12.7. The number of piperidine rings is 1. The molecule has 0 bridgehead atoms. The number of nitrogens with zero attached hydrogens (tertiary/aromatic N) is 3. The van der Waals surface area contributed by atoms with Gasteiger partial charge in [-0.05, 0) is 30.5 Å². The fourth-order valence-corrected chi connectivity index (χ4v) is 3.45. The van der Waals surface area contributed by atoms with Crippen LogP contribution in [0.5, 0.6) is 0 Å². The second kappa shape index (κ2) is 6.07. The first kappa shape index (κ1) is 14.9. The number of hydrogen-bond acceptors (Lipinski definition) is 4. The summed E-state index contributed by atoms with van der Waals surface area (Å²) in [5.41, 5.74) is 2.13. The molecule has 24 heavy (non-hydrogen) atoms. The highest BCUT2D eigenvalue weighted by Gasteiger charge is 2.44. The Hall–Kier alpha value is -2.69. The van der Waals surface area contributed by atoms with Crippen LogP contribution in [0.1, 0.15) is 35.3 Å². The second-order valence-corrected chi connectivity index (χ2v) is 6.40. The van der Waals surface area contributed by atoms with Gasteiger partial charge in [0.25, 0.3) is 5.91 Å². The highest BCUT2D eigenvalue weighted by Crippen LogP contribution is 2.35. The summed E-state index contributed by atoms with van der Waals surface area (Å²) in [7, 11) is 0. The van der Waals surface area contributed by atoms with E-state index < -0.39 is 5.60 Å². The van der Waals surface area contributed by atoms with Crippen LogP contribution in [0.15, 0.2) is 59.9 Å². The van der Waals surface area contributed by atoms with Gasteiger partial charge in [0.2, 0.25) is 0 Å². The number of amides is 1. The van der Waals surface area contributed by atoms with Crippen molar-refractivity contribution in [2.24, 2.45) is 5.16 Å². The average molecular weight is 321 g/mol. The van der Waals surface area contributed by atoms with Crippen LogP contribution >= 0.6 is 0 Å². The topological polar surface area (TPSA) is 54.8 Å². The van der Waals surface area contributed by atoms with Crippen molar-refractivity contribution in [2.75, 3.05) is 13.1 Å². The summed E-state index contributed by atoms with van der Waals surface area (Å²) in [5, 5.41) is 4.31. The monoisotopic (exact) mass is 321 g/mol. The fourth-order valence-electron chi connectivity index (χ4n) is 3.45. The highest BCUT2D eigenvalue weighted by molar-refractivity contribution is 6.01. The number of pyridine rings is 1. The molecule has 2 aromatic rings. The molecule has 0 radical (unpaired) electrons. The van der Waals surface area contributed by atoms with Gasteiger partial charge in [-0.25, -0.2) is 0 Å². The zero-order valence-electron chi connectivity index (χ0n) is 13.4. The van der Waals surface area contributed by atoms with E-state index in [1.54, 1.807) is 12.3 Å². The van der Waals surface area contributed by atoms with Crippen molar-refractivity contribution in [3.05, 3.63) is 66.0 Å². The molecule has 1 amide bonds. The van der Waals surface area contributed by atoms with Crippen molar-refractivity contribution in [1.29, 1.82) is 0 Å². The molecule has 1 spiro atoms. The Balaban J connectivity index is 1.49. The van der Waals surface area contributed by atoms with E-state index in [0.717, 1.165) is 37.1 Å². The molecule has 4 rings (SSSR count). The van der Waals surface area contributed by atoms with Gasteiger partial charge in [-0.1, -0.05) is 41.6 Å². The van der Waals surface area contributed by atoms with E-state index in [4.69, 9.17) is 4.84 Å². The Morgan fingerprint density at radius 3 is 2.75 bits per heavy atom. The first-order chi connectivity index (χ1) is 11.8. The minimum Gasteiger partial charge on any atom is -0.387 e. The van der Waals surface area contributed by atoms with Crippen LogP contribution in [0.3, 0.4) is 0 Å². The van der Waals surface area contributed by atoms with E-state index in [0.29, 0.717) is 12.2 Å². The van der Waals surface area contributed by atoms with E-state index in [9.17, 15) is 4.79 Å². The van der Waals surface area contributed by atoms with E-state index in [-0.39, 0.29) is 5.91 Å². The van der Waals surface area contributed by atoms with Gasteiger partial charge in [-0.3, -0.25) is 9.78 Å². The zero-order chi connectivity index (χ0) is 16.4. The summed E-state index contributed by atoms with van der Waals surface area (Å²) in [6.45, 7) is 1.30. The molecule has 1 aromatic heterocycles. The third-order valence-electron chi connectivity index (χ3n) is 4.66. The molecule has 1 unspecified atom stereocenters. The Kier molecular flexibility index (Phi) is 3.76. The molecular weight excluding hydrogens is 302 g/mol. The molecule has 0 aliphatic carbocycles. The van der Waals surface area contributed by atoms with E-state index >= 15 is 0 Å². The summed E-state index contributed by atoms with van der Waals surface area (Å²) in [5.74, 6) is -0.0357. The first-order valence-corrected chi connectivity index (χ1v) is 8.27. The lowest BCUT2D eigenvalue weighted by molar-refractivity contribution is -0.0619. The minimum atomic E-state index is -0.395. The largest absolute Gasteiger partial charge is 0.387 e. The van der Waals surface area contributed by atoms with Crippen LogP contribution in [0, 0.1) is 0 Å². The predicted octanol–water partition coefficient (Wildman–Crippen LogP) is 2.88. The van der Waals surface area contributed by atoms with Crippen LogP contribution in [0.4, 0.5) is 0 Å². The quantitative estimate of drug-likeness (QED) is 0.854. The minimum absolute atomic E-state index is 0.0357. The van der Waals surface area contributed by atoms with E-state index in [2.05, 4.69) is 10.1 Å². The van der Waals surface area contributed by atoms with Gasteiger partial charge >= 0.3 is 0 Å². The van der Waals surface area contributed by atoms with Crippen LogP contribution in [0.25, 0.3) is 0 Å². The van der Waals surface area contributed by atoms with Crippen molar-refractivity contribution in [3.63, 3.8) is 0 Å². The number of aromatic nitrogens is 1. The molecule has 0 N–H and O–H groups in total. The lowest BCUT2D eigenvalue weighted by atomic mass is 9.86. The lowest BCUT2D eigenvalue weighted by Crippen LogP contribution is -2.50. The molecule has 1 fully saturated rings. The number of carbonyl (C=O) groups is 1. The molecule has 122 valence electrons. The molecule has 2 aliphatic heterocycles. The summed E-state index contributed by atoms with van der Waals surface area (Å²) in [6, 6.07) is 15.5. The average Bonchev–Trinajstić information content (AvgIpc) is 3.06. The van der Waals surface area contributed by atoms with Gasteiger partial charge in [0.05, 0.1) is 12.3 Å². The van der Waals surface area contributed by atoms with Crippen LogP contribution in [-0.4, -0.2) is 40.2 Å². The SMILES string of the molecule is O=C(c1ccccn1)N1CCCC2(CC(c3ccccc3)=NO2)C1. The van der Waals surface area contributed by atoms with Gasteiger partial charge < -0.3 is 9.74 Å². The van der Waals surface area contributed by atoms with Crippen LogP contribution in [-0.2, 0) is 4.84 Å². The highest BCUT2D eigenvalue weighted by atomic mass is 16.7. The van der Waals surface area contributed by atoms with Gasteiger partial charge in [0.1, 0.15) is 5.69 Å². The van der Waals surface area contributed by atoms with Crippen LogP contribution < -0.4 is 0 Å². The lowest BCUT2D eigenvalue weighted by Gasteiger charge is -2.38. The third-order valence-corrected chi connectivity index (χ3v) is 4.66. The number of benzene rings is 1. The van der Waals surface area contributed by atoms with Gasteiger partial charge in [0, 0.05) is 19.2 Å². The number of carbonyl (C=O) groups excluding carboxylic acids is 1. The Morgan fingerprint density at radius 2 is 1.96 bits per heavy atom. The zero-order valence-corrected chi connectivity index (χ0v) is 13.4. The van der Waals surface area contributed by atoms with Gasteiger partial charge in [-0.2, -0.15) is 0 Å². The summed E-state index contributed by atoms with van der Waals surface area (Å²) >= 11 is 0. The number of likely N-dealkylation sites (tertiary alicyclic amines) is 1. The third kappa shape index (κ3) is 2.77. The molecule has 1 aromatic carbocycles. The van der Waals surface area contributed by atoms with Crippen LogP contribution in [0.2, 0.25) is 0 Å². The molecule has 0 saturated carbocycles. The molecular formula is C19H19N3O2. The van der Waals surface area contributed by atoms with Crippen molar-refractivity contribution in [2.45, 2.75) is 24.9 Å². The standard InChI is InChI=1S/C19H19N3O2/c23-18(16-9-4-5-11-20-16)22-12-6-10-19(14-22)13-17(21-24-19)15-7-2-1-3-8-15/h1-5,7-9,11H,6,10,12-14H2. The van der Waals surface area contributed by atoms with Crippen molar-refractivity contribution < 1.29 is 9.63 Å². The van der Waals surface area contributed by atoms with E-state index in [1.807, 2.05) is 47.4 Å². The maximum absolute atomic E-state index is 12.7. The molecule has 5 nitrogen and oxygen atoms in total. The number of rotatable bonds is 2. The maximum Gasteiger partial charge on any atom is 0.272 e. The normalized spacial score (nSPS) is 23.0. The Bertz CT molecular complexity index is 761. The smallest absolute Gasteiger partial charge is 0.272 e. The molecule has 5 heteroatoms. The summed E-state index contributed by atoms with van der Waals surface area (Å²) in [6.07, 6.45) is 4.22. The second-order valence-electron chi connectivity index (χ2n) is 6.40. The number of hydrogen-bond donors (Lipinski definition) is 0. The van der Waals surface area contributed by atoms with Crippen molar-refractivity contribution in [1.82, 2.24) is 9.88 Å². The number of oxime groups is 1. The fraction of sp³-hybridized carbons (Fsp3) is 0.316. The Labute approximate surface area is 141 Å². The van der Waals surface area contributed by atoms with Crippen molar-refractivity contribution >= 4 is 11.6 Å². The molecule has 3 heterocycles. The Morgan fingerprint density at radius 1 is 1.12 bits per heavy atom. The molecule has 2 aliphatic rings. The first-order valence-electron chi connectivity index (χ1n) is 8.27. The van der Waals surface area contributed by atoms with Gasteiger partial charge in [-0.15, -0.1) is 0 Å². The summed E-state index contributed by atoms with van der Waals surface area (Å²) < 4.78 is 0. The van der Waals surface area contributed by atoms with Gasteiger partial charge in [0.15, 0.2) is 5.60 Å². The van der Waals surface area contributed by atoms with Crippen molar-refractivity contribution in [3.8, 4) is 0 Å². The summed E-state index contributed by atoms with van der Waals surface area (Å²) in [4.78, 5) is 24.5. The molecule has 1 atom stereocenters. The molecule has 1 saturated heterocycles.